The smallest absolute Gasteiger partial charge is 0.240 e. The van der Waals surface area contributed by atoms with Gasteiger partial charge in [0.2, 0.25) is 5.91 Å². The monoisotopic (exact) mass is 252 g/mol. The maximum atomic E-state index is 11.3. The number of nitrogens with two attached hydrogens (primary N) is 1. The number of pyridine rings is 1. The number of aromatic nitrogens is 3. The highest BCUT2D eigenvalue weighted by molar-refractivity contribution is 6.20. The van der Waals surface area contributed by atoms with Crippen LogP contribution in [0, 0.1) is 0 Å². The zero-order valence-corrected chi connectivity index (χ0v) is 10.3. The zero-order valence-electron chi connectivity index (χ0n) is 9.59. The summed E-state index contributed by atoms with van der Waals surface area (Å²) in [6.07, 6.45) is 1.65. The summed E-state index contributed by atoms with van der Waals surface area (Å²) >= 11 is 6.07. The first-order valence-corrected chi connectivity index (χ1v) is 5.72. The van der Waals surface area contributed by atoms with Crippen molar-refractivity contribution in [3.05, 3.63) is 24.2 Å². The molecule has 0 aliphatic carbocycles. The zero-order chi connectivity index (χ0) is 12.6. The predicted molar refractivity (Wildman–Crippen MR) is 65.7 cm³/mol. The van der Waals surface area contributed by atoms with E-state index in [1.54, 1.807) is 30.7 Å². The molecular formula is C11H13ClN4O. The molecule has 2 heterocycles. The van der Waals surface area contributed by atoms with E-state index in [4.69, 9.17) is 17.3 Å². The Balaban J connectivity index is 2.72. The molecule has 2 aromatic rings. The lowest BCUT2D eigenvalue weighted by Gasteiger charge is -2.14. The van der Waals surface area contributed by atoms with Gasteiger partial charge in [0.1, 0.15) is 17.4 Å². The molecule has 1 amide bonds. The van der Waals surface area contributed by atoms with Gasteiger partial charge in [-0.05, 0) is 26.0 Å². The Kier molecular flexibility index (Phi) is 3.02. The summed E-state index contributed by atoms with van der Waals surface area (Å²) in [7, 11) is 0. The summed E-state index contributed by atoms with van der Waals surface area (Å²) in [6, 6.07) is 3.10. The van der Waals surface area contributed by atoms with E-state index in [0.29, 0.717) is 17.0 Å². The number of rotatable bonds is 3. The fourth-order valence-corrected chi connectivity index (χ4v) is 1.89. The van der Waals surface area contributed by atoms with Crippen LogP contribution in [0.3, 0.4) is 0 Å². The van der Waals surface area contributed by atoms with E-state index in [1.807, 2.05) is 6.07 Å². The van der Waals surface area contributed by atoms with Crippen molar-refractivity contribution in [2.75, 3.05) is 0 Å². The molecule has 5 nitrogen and oxygen atoms in total. The first-order valence-electron chi connectivity index (χ1n) is 5.28. The van der Waals surface area contributed by atoms with Crippen molar-refractivity contribution in [2.45, 2.75) is 25.3 Å². The van der Waals surface area contributed by atoms with E-state index in [-0.39, 0.29) is 5.38 Å². The van der Waals surface area contributed by atoms with Crippen LogP contribution in [0.5, 0.6) is 0 Å². The minimum absolute atomic E-state index is 0.314. The molecule has 0 fully saturated rings. The molecule has 2 atom stereocenters. The Morgan fingerprint density at radius 3 is 2.82 bits per heavy atom. The number of halogens is 1. The molecule has 2 unspecified atom stereocenters. The lowest BCUT2D eigenvalue weighted by molar-refractivity contribution is -0.120. The Hall–Kier alpha value is -1.62. The third-order valence-corrected chi connectivity index (χ3v) is 2.83. The van der Waals surface area contributed by atoms with Crippen molar-refractivity contribution in [2.24, 2.45) is 5.73 Å². The minimum atomic E-state index is -0.522. The molecule has 90 valence electrons. The van der Waals surface area contributed by atoms with Gasteiger partial charge in [0.05, 0.1) is 5.38 Å². The van der Waals surface area contributed by atoms with Crippen LogP contribution in [0.1, 0.15) is 31.1 Å². The number of carbonyl (C=O) groups is 1. The number of amides is 1. The van der Waals surface area contributed by atoms with Gasteiger partial charge in [0.25, 0.3) is 0 Å². The number of hydrogen-bond donors (Lipinski definition) is 1. The van der Waals surface area contributed by atoms with Crippen molar-refractivity contribution >= 4 is 28.7 Å². The molecule has 0 bridgehead atoms. The third kappa shape index (κ3) is 1.98. The van der Waals surface area contributed by atoms with Gasteiger partial charge >= 0.3 is 0 Å². The van der Waals surface area contributed by atoms with Gasteiger partial charge in [0, 0.05) is 6.20 Å². The molecule has 0 aromatic carbocycles. The number of alkyl halides is 1. The quantitative estimate of drug-likeness (QED) is 0.846. The van der Waals surface area contributed by atoms with Crippen LogP contribution < -0.4 is 5.73 Å². The van der Waals surface area contributed by atoms with Crippen LogP contribution >= 0.6 is 11.6 Å². The van der Waals surface area contributed by atoms with Crippen molar-refractivity contribution in [3.63, 3.8) is 0 Å². The highest BCUT2D eigenvalue weighted by Gasteiger charge is 2.22. The normalized spacial score (nSPS) is 14.8. The lowest BCUT2D eigenvalue weighted by atomic mass is 10.3. The van der Waals surface area contributed by atoms with Crippen LogP contribution in [0.2, 0.25) is 0 Å². The standard InChI is InChI=1S/C11H13ClN4O/c1-6(12)10-15-8-4-3-5-14-11(8)16(10)7(2)9(13)17/h3-7H,1-2H3,(H2,13,17). The summed E-state index contributed by atoms with van der Waals surface area (Å²) < 4.78 is 1.69. The molecule has 0 spiro atoms. The molecule has 2 rings (SSSR count). The maximum Gasteiger partial charge on any atom is 0.240 e. The molecule has 2 aromatic heterocycles. The molecule has 0 saturated heterocycles. The molecule has 0 aliphatic rings. The SMILES string of the molecule is CC(Cl)c1nc2cccnc2n1C(C)C(N)=O. The average Bonchev–Trinajstić information content (AvgIpc) is 2.67. The number of hydrogen-bond acceptors (Lipinski definition) is 3. The highest BCUT2D eigenvalue weighted by Crippen LogP contribution is 2.26. The lowest BCUT2D eigenvalue weighted by Crippen LogP contribution is -2.25. The van der Waals surface area contributed by atoms with Crippen LogP contribution in [-0.2, 0) is 4.79 Å². The van der Waals surface area contributed by atoms with Gasteiger partial charge in [-0.15, -0.1) is 11.6 Å². The number of imidazole rings is 1. The molecule has 6 heteroatoms. The maximum absolute atomic E-state index is 11.3. The van der Waals surface area contributed by atoms with Crippen LogP contribution in [0.4, 0.5) is 0 Å². The summed E-state index contributed by atoms with van der Waals surface area (Å²) in [6.45, 7) is 3.51. The van der Waals surface area contributed by atoms with Crippen LogP contribution in [0.25, 0.3) is 11.2 Å². The fraction of sp³-hybridized carbons (Fsp3) is 0.364. The molecular weight excluding hydrogens is 240 g/mol. The Morgan fingerprint density at radius 2 is 2.24 bits per heavy atom. The minimum Gasteiger partial charge on any atom is -0.368 e. The fourth-order valence-electron chi connectivity index (χ4n) is 1.74. The van der Waals surface area contributed by atoms with Gasteiger partial charge < -0.3 is 5.73 Å². The second-order valence-corrected chi connectivity index (χ2v) is 4.54. The van der Waals surface area contributed by atoms with E-state index >= 15 is 0 Å². The molecule has 0 radical (unpaired) electrons. The highest BCUT2D eigenvalue weighted by atomic mass is 35.5. The largest absolute Gasteiger partial charge is 0.368 e. The number of fused-ring (bicyclic) bond motifs is 1. The predicted octanol–water partition coefficient (Wildman–Crippen LogP) is 1.78. The Bertz CT molecular complexity index is 564. The van der Waals surface area contributed by atoms with E-state index in [1.165, 1.54) is 0 Å². The third-order valence-electron chi connectivity index (χ3n) is 2.63. The topological polar surface area (TPSA) is 73.8 Å². The van der Waals surface area contributed by atoms with Crippen molar-refractivity contribution < 1.29 is 4.79 Å². The number of nitrogens with zero attached hydrogens (tertiary/aromatic N) is 3. The van der Waals surface area contributed by atoms with E-state index in [0.717, 1.165) is 0 Å². The summed E-state index contributed by atoms with van der Waals surface area (Å²) in [5.41, 5.74) is 6.67. The number of primary amides is 1. The van der Waals surface area contributed by atoms with Gasteiger partial charge in [-0.2, -0.15) is 0 Å². The van der Waals surface area contributed by atoms with Gasteiger partial charge in [-0.25, -0.2) is 9.97 Å². The first-order chi connectivity index (χ1) is 8.02. The van der Waals surface area contributed by atoms with Crippen LogP contribution in [0.15, 0.2) is 18.3 Å². The van der Waals surface area contributed by atoms with E-state index in [2.05, 4.69) is 9.97 Å². The van der Waals surface area contributed by atoms with Crippen molar-refractivity contribution in [3.8, 4) is 0 Å². The van der Waals surface area contributed by atoms with E-state index in [9.17, 15) is 4.79 Å². The molecule has 17 heavy (non-hydrogen) atoms. The van der Waals surface area contributed by atoms with Gasteiger partial charge in [0.15, 0.2) is 5.65 Å². The summed E-state index contributed by atoms with van der Waals surface area (Å²) in [5, 5.41) is -0.314. The van der Waals surface area contributed by atoms with Gasteiger partial charge in [-0.1, -0.05) is 0 Å². The van der Waals surface area contributed by atoms with Crippen LogP contribution in [-0.4, -0.2) is 20.4 Å². The summed E-state index contributed by atoms with van der Waals surface area (Å²) in [5.74, 6) is 0.167. The number of carbonyl (C=O) groups excluding carboxylic acids is 1. The van der Waals surface area contributed by atoms with Gasteiger partial charge in [-0.3, -0.25) is 9.36 Å². The Labute approximate surface area is 104 Å². The Morgan fingerprint density at radius 1 is 1.53 bits per heavy atom. The molecule has 2 N–H and O–H groups in total. The second-order valence-electron chi connectivity index (χ2n) is 3.88. The first kappa shape index (κ1) is 11.9. The molecule has 0 saturated carbocycles. The summed E-state index contributed by atoms with van der Waals surface area (Å²) in [4.78, 5) is 19.9. The van der Waals surface area contributed by atoms with E-state index < -0.39 is 11.9 Å². The van der Waals surface area contributed by atoms with Crippen molar-refractivity contribution in [1.82, 2.24) is 14.5 Å². The second kappa shape index (κ2) is 4.33. The average molecular weight is 253 g/mol. The molecule has 0 aliphatic heterocycles. The van der Waals surface area contributed by atoms with Crippen molar-refractivity contribution in [1.29, 1.82) is 0 Å².